The van der Waals surface area contributed by atoms with Gasteiger partial charge in [-0.15, -0.1) is 0 Å². The van der Waals surface area contributed by atoms with Gasteiger partial charge in [-0.3, -0.25) is 4.79 Å². The SMILES string of the molecule is CCSCCC(C)NC(=O)c1ncccc1C#CCO. The van der Waals surface area contributed by atoms with E-state index in [1.54, 1.807) is 18.3 Å². The standard InChI is InChI=1S/C15H20N2O2S/c1-3-20-11-8-12(2)17-15(19)14-13(7-5-10-18)6-4-9-16-14/h4,6,9,12,18H,3,8,10-11H2,1-2H3,(H,17,19). The predicted molar refractivity (Wildman–Crippen MR) is 82.7 cm³/mol. The number of carbonyl (C=O) groups excluding carboxylic acids is 1. The summed E-state index contributed by atoms with van der Waals surface area (Å²) in [6.45, 7) is 3.87. The minimum Gasteiger partial charge on any atom is -0.384 e. The number of hydrogen-bond acceptors (Lipinski definition) is 4. The van der Waals surface area contributed by atoms with Crippen molar-refractivity contribution in [1.82, 2.24) is 10.3 Å². The molecule has 1 heterocycles. The first-order valence-corrected chi connectivity index (χ1v) is 7.77. The van der Waals surface area contributed by atoms with E-state index in [4.69, 9.17) is 5.11 Å². The van der Waals surface area contributed by atoms with Crippen LogP contribution in [0.2, 0.25) is 0 Å². The van der Waals surface area contributed by atoms with E-state index in [0.29, 0.717) is 11.3 Å². The van der Waals surface area contributed by atoms with Crippen molar-refractivity contribution in [1.29, 1.82) is 0 Å². The molecule has 0 spiro atoms. The zero-order valence-electron chi connectivity index (χ0n) is 11.8. The highest BCUT2D eigenvalue weighted by Crippen LogP contribution is 2.07. The molecular formula is C15H20N2O2S. The quantitative estimate of drug-likeness (QED) is 0.619. The van der Waals surface area contributed by atoms with Crippen LogP contribution < -0.4 is 5.32 Å². The Bertz CT molecular complexity index is 494. The molecule has 20 heavy (non-hydrogen) atoms. The van der Waals surface area contributed by atoms with Gasteiger partial charge >= 0.3 is 0 Å². The Kier molecular flexibility index (Phi) is 7.78. The molecule has 0 aromatic carbocycles. The third-order valence-electron chi connectivity index (χ3n) is 2.60. The van der Waals surface area contributed by atoms with Crippen LogP contribution in [0.25, 0.3) is 0 Å². The molecule has 2 N–H and O–H groups in total. The summed E-state index contributed by atoms with van der Waals surface area (Å²) in [5.41, 5.74) is 0.845. The Balaban J connectivity index is 2.67. The van der Waals surface area contributed by atoms with Crippen LogP contribution in [0.4, 0.5) is 0 Å². The van der Waals surface area contributed by atoms with Crippen LogP contribution in [0.1, 0.15) is 36.3 Å². The molecule has 0 saturated carbocycles. The third-order valence-corrected chi connectivity index (χ3v) is 3.53. The molecule has 1 amide bonds. The first-order valence-electron chi connectivity index (χ1n) is 6.62. The minimum atomic E-state index is -0.236. The number of hydrogen-bond donors (Lipinski definition) is 2. The number of aromatic nitrogens is 1. The second-order valence-electron chi connectivity index (χ2n) is 4.22. The lowest BCUT2D eigenvalue weighted by Crippen LogP contribution is -2.34. The lowest BCUT2D eigenvalue weighted by Gasteiger charge is -2.13. The van der Waals surface area contributed by atoms with Crippen LogP contribution in [0.3, 0.4) is 0 Å². The minimum absolute atomic E-state index is 0.0993. The summed E-state index contributed by atoms with van der Waals surface area (Å²) in [6.07, 6.45) is 2.49. The van der Waals surface area contributed by atoms with E-state index in [2.05, 4.69) is 29.1 Å². The monoisotopic (exact) mass is 292 g/mol. The van der Waals surface area contributed by atoms with E-state index >= 15 is 0 Å². The van der Waals surface area contributed by atoms with E-state index in [9.17, 15) is 4.79 Å². The molecule has 5 heteroatoms. The molecule has 0 aliphatic rings. The van der Waals surface area contributed by atoms with Gasteiger partial charge in [-0.05, 0) is 37.0 Å². The van der Waals surface area contributed by atoms with Crippen molar-refractivity contribution in [2.75, 3.05) is 18.1 Å². The van der Waals surface area contributed by atoms with Crippen molar-refractivity contribution in [3.8, 4) is 11.8 Å². The molecule has 4 nitrogen and oxygen atoms in total. The Morgan fingerprint density at radius 3 is 3.10 bits per heavy atom. The molecule has 108 valence electrons. The van der Waals surface area contributed by atoms with Crippen molar-refractivity contribution in [2.45, 2.75) is 26.3 Å². The molecule has 1 unspecified atom stereocenters. The Morgan fingerprint density at radius 2 is 2.40 bits per heavy atom. The van der Waals surface area contributed by atoms with Crippen molar-refractivity contribution < 1.29 is 9.90 Å². The second-order valence-corrected chi connectivity index (χ2v) is 5.61. The summed E-state index contributed by atoms with van der Waals surface area (Å²) in [6, 6.07) is 3.55. The highest BCUT2D eigenvalue weighted by atomic mass is 32.2. The smallest absolute Gasteiger partial charge is 0.271 e. The van der Waals surface area contributed by atoms with Gasteiger partial charge in [0.1, 0.15) is 12.3 Å². The first kappa shape index (κ1) is 16.5. The van der Waals surface area contributed by atoms with Gasteiger partial charge in [0, 0.05) is 12.2 Å². The summed E-state index contributed by atoms with van der Waals surface area (Å²) in [4.78, 5) is 16.2. The molecule has 1 atom stereocenters. The fourth-order valence-corrected chi connectivity index (χ4v) is 2.40. The Morgan fingerprint density at radius 1 is 1.60 bits per heavy atom. The van der Waals surface area contributed by atoms with E-state index in [0.717, 1.165) is 17.9 Å². The molecular weight excluding hydrogens is 272 g/mol. The predicted octanol–water partition coefficient (Wildman–Crippen LogP) is 1.69. The number of nitrogens with zero attached hydrogens (tertiary/aromatic N) is 1. The number of aliphatic hydroxyl groups excluding tert-OH is 1. The van der Waals surface area contributed by atoms with Gasteiger partial charge in [0.05, 0.1) is 5.56 Å². The Hall–Kier alpha value is -1.51. The topological polar surface area (TPSA) is 62.2 Å². The van der Waals surface area contributed by atoms with Crippen LogP contribution in [0, 0.1) is 11.8 Å². The van der Waals surface area contributed by atoms with Gasteiger partial charge in [-0.1, -0.05) is 18.8 Å². The molecule has 0 bridgehead atoms. The van der Waals surface area contributed by atoms with Crippen molar-refractivity contribution in [3.63, 3.8) is 0 Å². The largest absolute Gasteiger partial charge is 0.384 e. The molecule has 0 aliphatic carbocycles. The van der Waals surface area contributed by atoms with Crippen molar-refractivity contribution in [3.05, 3.63) is 29.6 Å². The normalized spacial score (nSPS) is 11.3. The molecule has 0 fully saturated rings. The van der Waals surface area contributed by atoms with Gasteiger partial charge in [-0.25, -0.2) is 4.98 Å². The molecule has 0 saturated heterocycles. The molecule has 1 aromatic heterocycles. The number of rotatable bonds is 6. The second kappa shape index (κ2) is 9.40. The first-order chi connectivity index (χ1) is 9.69. The number of thioether (sulfide) groups is 1. The summed E-state index contributed by atoms with van der Waals surface area (Å²) in [7, 11) is 0. The molecule has 0 aliphatic heterocycles. The van der Waals surface area contributed by atoms with Crippen LogP contribution in [-0.4, -0.2) is 40.2 Å². The lowest BCUT2D eigenvalue weighted by atomic mass is 10.1. The number of carbonyl (C=O) groups is 1. The lowest BCUT2D eigenvalue weighted by molar-refractivity contribution is 0.0934. The fraction of sp³-hybridized carbons (Fsp3) is 0.467. The molecule has 1 rings (SSSR count). The van der Waals surface area contributed by atoms with E-state index in [1.165, 1.54) is 0 Å². The van der Waals surface area contributed by atoms with Gasteiger partial charge in [-0.2, -0.15) is 11.8 Å². The average Bonchev–Trinajstić information content (AvgIpc) is 2.45. The van der Waals surface area contributed by atoms with Crippen LogP contribution in [0.15, 0.2) is 18.3 Å². The summed E-state index contributed by atoms with van der Waals surface area (Å²) < 4.78 is 0. The van der Waals surface area contributed by atoms with Gasteiger partial charge in [0.2, 0.25) is 0 Å². The van der Waals surface area contributed by atoms with Crippen LogP contribution in [0.5, 0.6) is 0 Å². The highest BCUT2D eigenvalue weighted by Gasteiger charge is 2.13. The number of pyridine rings is 1. The van der Waals surface area contributed by atoms with Gasteiger partial charge in [0.25, 0.3) is 5.91 Å². The summed E-state index contributed by atoms with van der Waals surface area (Å²) >= 11 is 1.86. The maximum atomic E-state index is 12.2. The number of amides is 1. The van der Waals surface area contributed by atoms with Crippen molar-refractivity contribution >= 4 is 17.7 Å². The molecule has 1 aromatic rings. The van der Waals surface area contributed by atoms with Crippen molar-refractivity contribution in [2.24, 2.45) is 0 Å². The van der Waals surface area contributed by atoms with E-state index < -0.39 is 0 Å². The van der Waals surface area contributed by atoms with Crippen LogP contribution in [-0.2, 0) is 0 Å². The summed E-state index contributed by atoms with van der Waals surface area (Å²) in [5.74, 6) is 7.17. The van der Waals surface area contributed by atoms with E-state index in [-0.39, 0.29) is 18.6 Å². The number of aliphatic hydroxyl groups is 1. The Labute approximate surface area is 124 Å². The zero-order valence-corrected chi connectivity index (χ0v) is 12.7. The maximum Gasteiger partial charge on any atom is 0.271 e. The van der Waals surface area contributed by atoms with E-state index in [1.807, 2.05) is 18.7 Å². The number of nitrogens with one attached hydrogen (secondary N) is 1. The fourth-order valence-electron chi connectivity index (χ4n) is 1.59. The van der Waals surface area contributed by atoms with Crippen LogP contribution >= 0.6 is 11.8 Å². The zero-order chi connectivity index (χ0) is 14.8. The van der Waals surface area contributed by atoms with Gasteiger partial charge < -0.3 is 10.4 Å². The van der Waals surface area contributed by atoms with Gasteiger partial charge in [0.15, 0.2) is 0 Å². The highest BCUT2D eigenvalue weighted by molar-refractivity contribution is 7.99. The third kappa shape index (κ3) is 5.64. The molecule has 0 radical (unpaired) electrons. The average molecular weight is 292 g/mol. The maximum absolute atomic E-state index is 12.2. The summed E-state index contributed by atoms with van der Waals surface area (Å²) in [5, 5.41) is 11.7.